The van der Waals surface area contributed by atoms with Crippen LogP contribution in [0.4, 0.5) is 14.9 Å². The number of hydrogen-bond donors (Lipinski definition) is 2. The van der Waals surface area contributed by atoms with Gasteiger partial charge in [-0.25, -0.2) is 4.79 Å². The Morgan fingerprint density at radius 1 is 1.11 bits per heavy atom. The van der Waals surface area contributed by atoms with Crippen LogP contribution in [-0.2, 0) is 4.74 Å². The van der Waals surface area contributed by atoms with Gasteiger partial charge in [-0.3, -0.25) is 15.1 Å². The maximum atomic E-state index is 13.3. The first-order chi connectivity index (χ1) is 13.0. The molecule has 1 aliphatic rings. The topological polar surface area (TPSA) is 71.2 Å². The van der Waals surface area contributed by atoms with E-state index in [1.165, 1.54) is 0 Å². The maximum Gasteiger partial charge on any atom is 0.411 e. The molecule has 1 amide bonds. The normalized spacial score (nSPS) is 12.4. The molecule has 7 heteroatoms. The molecule has 5 nitrogen and oxygen atoms in total. The smallest absolute Gasteiger partial charge is 0.411 e. The minimum atomic E-state index is -0.904. The van der Waals surface area contributed by atoms with Gasteiger partial charge >= 0.3 is 6.09 Å². The van der Waals surface area contributed by atoms with Crippen LogP contribution in [0.15, 0.2) is 59.4 Å². The van der Waals surface area contributed by atoms with Crippen LogP contribution >= 0.6 is 11.6 Å². The Balaban J connectivity index is 1.53. The van der Waals surface area contributed by atoms with Crippen molar-refractivity contribution in [3.63, 3.8) is 0 Å². The van der Waals surface area contributed by atoms with Crippen LogP contribution in [0.1, 0.15) is 17.0 Å². The van der Waals surface area contributed by atoms with Crippen LogP contribution in [0.25, 0.3) is 11.1 Å². The molecule has 0 fully saturated rings. The van der Waals surface area contributed by atoms with E-state index in [4.69, 9.17) is 16.3 Å². The molecule has 4 rings (SSSR count). The predicted octanol–water partition coefficient (Wildman–Crippen LogP) is 4.53. The number of carbonyl (C=O) groups excluding carboxylic acids is 1. The molecule has 27 heavy (non-hydrogen) atoms. The lowest BCUT2D eigenvalue weighted by atomic mass is 9.98. The third-order valence-electron chi connectivity index (χ3n) is 4.52. The summed E-state index contributed by atoms with van der Waals surface area (Å²) in [4.78, 5) is 25.5. The third kappa shape index (κ3) is 3.19. The number of benzene rings is 2. The second kappa shape index (κ2) is 6.89. The molecule has 1 heterocycles. The number of amides is 1. The van der Waals surface area contributed by atoms with Gasteiger partial charge in [0.05, 0.1) is 5.69 Å². The van der Waals surface area contributed by atoms with Crippen LogP contribution in [0.3, 0.4) is 0 Å². The van der Waals surface area contributed by atoms with E-state index in [0.29, 0.717) is 0 Å². The van der Waals surface area contributed by atoms with Crippen molar-refractivity contribution >= 4 is 23.4 Å². The van der Waals surface area contributed by atoms with E-state index in [1.807, 2.05) is 53.5 Å². The number of pyridine rings is 1. The average molecular weight is 385 g/mol. The number of carbonyl (C=O) groups is 1. The largest absolute Gasteiger partial charge is 0.448 e. The SMILES string of the molecule is O=C(Nc1cc(F)[nH]c(=O)c1Cl)OCC1c2ccccc2-c2ccccc21. The van der Waals surface area contributed by atoms with E-state index in [2.05, 4.69) is 5.32 Å². The first-order valence-electron chi connectivity index (χ1n) is 8.25. The number of fused-ring (bicyclic) bond motifs is 3. The van der Waals surface area contributed by atoms with Gasteiger partial charge in [-0.1, -0.05) is 60.1 Å². The van der Waals surface area contributed by atoms with Gasteiger partial charge in [-0.05, 0) is 22.3 Å². The predicted molar refractivity (Wildman–Crippen MR) is 101 cm³/mol. The molecule has 0 saturated heterocycles. The van der Waals surface area contributed by atoms with Crippen molar-refractivity contribution in [2.45, 2.75) is 5.92 Å². The summed E-state index contributed by atoms with van der Waals surface area (Å²) < 4.78 is 18.6. The van der Waals surface area contributed by atoms with Gasteiger partial charge in [0.1, 0.15) is 11.6 Å². The summed E-state index contributed by atoms with van der Waals surface area (Å²) in [5, 5.41) is 2.00. The number of rotatable bonds is 3. The first-order valence-corrected chi connectivity index (χ1v) is 8.62. The highest BCUT2D eigenvalue weighted by Gasteiger charge is 2.29. The van der Waals surface area contributed by atoms with Crippen molar-refractivity contribution in [2.75, 3.05) is 11.9 Å². The zero-order valence-corrected chi connectivity index (χ0v) is 14.7. The Morgan fingerprint density at radius 3 is 2.33 bits per heavy atom. The highest BCUT2D eigenvalue weighted by atomic mass is 35.5. The van der Waals surface area contributed by atoms with E-state index in [9.17, 15) is 14.0 Å². The van der Waals surface area contributed by atoms with Crippen molar-refractivity contribution in [2.24, 2.45) is 0 Å². The van der Waals surface area contributed by atoms with Gasteiger partial charge < -0.3 is 4.74 Å². The lowest BCUT2D eigenvalue weighted by Crippen LogP contribution is -2.20. The van der Waals surface area contributed by atoms with E-state index in [1.54, 1.807) is 0 Å². The van der Waals surface area contributed by atoms with Crippen molar-refractivity contribution in [1.82, 2.24) is 4.98 Å². The molecule has 0 aliphatic heterocycles. The first kappa shape index (κ1) is 17.3. The number of nitrogens with one attached hydrogen (secondary N) is 2. The number of anilines is 1. The van der Waals surface area contributed by atoms with Gasteiger partial charge in [-0.15, -0.1) is 0 Å². The molecule has 1 aliphatic carbocycles. The van der Waals surface area contributed by atoms with Gasteiger partial charge in [-0.2, -0.15) is 4.39 Å². The van der Waals surface area contributed by atoms with Crippen molar-refractivity contribution in [3.8, 4) is 11.1 Å². The summed E-state index contributed by atoms with van der Waals surface area (Å²) in [5.41, 5.74) is 3.41. The fourth-order valence-electron chi connectivity index (χ4n) is 3.35. The van der Waals surface area contributed by atoms with Gasteiger partial charge in [0.15, 0.2) is 5.95 Å². The number of hydrogen-bond acceptors (Lipinski definition) is 3. The molecule has 0 radical (unpaired) electrons. The summed E-state index contributed by atoms with van der Waals surface area (Å²) in [5.74, 6) is -1.01. The van der Waals surface area contributed by atoms with Gasteiger partial charge in [0.2, 0.25) is 0 Å². The number of ether oxygens (including phenoxy) is 1. The van der Waals surface area contributed by atoms with Crippen molar-refractivity contribution in [1.29, 1.82) is 0 Å². The van der Waals surface area contributed by atoms with E-state index in [-0.39, 0.29) is 23.2 Å². The number of aromatic amines is 1. The summed E-state index contributed by atoms with van der Waals surface area (Å²) in [7, 11) is 0. The van der Waals surface area contributed by atoms with E-state index in [0.717, 1.165) is 28.3 Å². The molecule has 2 N–H and O–H groups in total. The molecule has 0 spiro atoms. The molecule has 0 bridgehead atoms. The highest BCUT2D eigenvalue weighted by molar-refractivity contribution is 6.33. The van der Waals surface area contributed by atoms with Crippen LogP contribution in [0.2, 0.25) is 5.02 Å². The van der Waals surface area contributed by atoms with E-state index < -0.39 is 17.6 Å². The Kier molecular flexibility index (Phi) is 4.41. The number of halogens is 2. The second-order valence-electron chi connectivity index (χ2n) is 6.12. The van der Waals surface area contributed by atoms with E-state index >= 15 is 0 Å². The monoisotopic (exact) mass is 384 g/mol. The highest BCUT2D eigenvalue weighted by Crippen LogP contribution is 2.44. The molecule has 3 aromatic rings. The summed E-state index contributed by atoms with van der Waals surface area (Å²) in [6.07, 6.45) is -0.816. The lowest BCUT2D eigenvalue weighted by molar-refractivity contribution is 0.158. The minimum absolute atomic E-state index is 0.100. The second-order valence-corrected chi connectivity index (χ2v) is 6.50. The Bertz CT molecular complexity index is 1050. The maximum absolute atomic E-state index is 13.3. The average Bonchev–Trinajstić information content (AvgIpc) is 2.98. The third-order valence-corrected chi connectivity index (χ3v) is 4.90. The van der Waals surface area contributed by atoms with Crippen molar-refractivity contribution < 1.29 is 13.9 Å². The van der Waals surface area contributed by atoms with Gasteiger partial charge in [0, 0.05) is 12.0 Å². The fourth-order valence-corrected chi connectivity index (χ4v) is 3.50. The standard InChI is InChI=1S/C20H14ClFN2O3/c21-18-16(9-17(22)24-19(18)25)23-20(26)27-10-15-13-7-3-1-5-11(13)12-6-2-4-8-14(12)15/h1-9,15H,10H2,(H2,23,24,25,26). The van der Waals surface area contributed by atoms with Crippen LogP contribution < -0.4 is 10.9 Å². The molecule has 1 aromatic heterocycles. The molecule has 0 saturated carbocycles. The Morgan fingerprint density at radius 2 is 1.70 bits per heavy atom. The Labute approximate surface area is 158 Å². The molecule has 136 valence electrons. The lowest BCUT2D eigenvalue weighted by Gasteiger charge is -2.14. The van der Waals surface area contributed by atoms with Crippen LogP contribution in [0, 0.1) is 5.95 Å². The van der Waals surface area contributed by atoms with Gasteiger partial charge in [0.25, 0.3) is 5.56 Å². The van der Waals surface area contributed by atoms with Crippen LogP contribution in [-0.4, -0.2) is 17.7 Å². The quantitative estimate of drug-likeness (QED) is 0.652. The van der Waals surface area contributed by atoms with Crippen molar-refractivity contribution in [3.05, 3.63) is 87.0 Å². The molecular weight excluding hydrogens is 371 g/mol. The fraction of sp³-hybridized carbons (Fsp3) is 0.100. The molecule has 0 unspecified atom stereocenters. The van der Waals surface area contributed by atoms with Crippen LogP contribution in [0.5, 0.6) is 0 Å². The Hall–Kier alpha value is -3.12. The zero-order valence-electron chi connectivity index (χ0n) is 14.0. The summed E-state index contributed by atoms with van der Waals surface area (Å²) in [6.45, 7) is 0.100. The molecule has 0 atom stereocenters. The summed E-state index contributed by atoms with van der Waals surface area (Å²) >= 11 is 5.79. The molecule has 2 aromatic carbocycles. The zero-order chi connectivity index (χ0) is 19.0. The number of H-pyrrole nitrogens is 1. The minimum Gasteiger partial charge on any atom is -0.448 e. The number of aromatic nitrogens is 1. The summed E-state index contributed by atoms with van der Waals surface area (Å²) in [6, 6.07) is 16.8. The molecular formula is C20H14ClFN2O3.